The molecule has 1 fully saturated rings. The van der Waals surface area contributed by atoms with E-state index >= 15 is 0 Å². The number of benzene rings is 1. The van der Waals surface area contributed by atoms with Gasteiger partial charge in [-0.1, -0.05) is 94.6 Å². The molecular weight excluding hydrogens is 440 g/mol. The minimum Gasteiger partial charge on any atom is -0.298 e. The Bertz CT molecular complexity index is 985. The number of carbonyl (C=O) groups excluding carboxylic acids is 2. The monoisotopic (exact) mass is 494 g/mol. The van der Waals surface area contributed by atoms with Crippen molar-refractivity contribution in [3.63, 3.8) is 0 Å². The highest BCUT2D eigenvalue weighted by Gasteiger charge is 2.57. The zero-order valence-corrected chi connectivity index (χ0v) is 25.2. The molecule has 1 saturated carbocycles. The van der Waals surface area contributed by atoms with Gasteiger partial charge in [0, 0.05) is 21.8 Å². The number of carbonyl (C=O) groups is 2. The van der Waals surface area contributed by atoms with Crippen LogP contribution >= 0.6 is 0 Å². The van der Waals surface area contributed by atoms with Gasteiger partial charge in [0.2, 0.25) is 0 Å². The molecule has 1 aromatic carbocycles. The maximum absolute atomic E-state index is 14.1. The third kappa shape index (κ3) is 4.76. The lowest BCUT2D eigenvalue weighted by Crippen LogP contribution is -2.55. The van der Waals surface area contributed by atoms with Gasteiger partial charge in [0.25, 0.3) is 0 Å². The van der Waals surface area contributed by atoms with Gasteiger partial charge in [-0.3, -0.25) is 9.59 Å². The largest absolute Gasteiger partial charge is 0.298 e. The predicted octanol–water partition coefficient (Wildman–Crippen LogP) is 9.61. The van der Waals surface area contributed by atoms with Crippen molar-refractivity contribution in [2.75, 3.05) is 0 Å². The maximum Gasteiger partial charge on any atom is 0.169 e. The van der Waals surface area contributed by atoms with Crippen LogP contribution < -0.4 is 0 Å². The van der Waals surface area contributed by atoms with Crippen molar-refractivity contribution in [1.29, 1.82) is 0 Å². The molecule has 0 aliphatic heterocycles. The summed E-state index contributed by atoms with van der Waals surface area (Å²) in [4.78, 5) is 28.3. The van der Waals surface area contributed by atoms with Gasteiger partial charge in [0.05, 0.1) is 0 Å². The molecule has 4 atom stereocenters. The van der Waals surface area contributed by atoms with Gasteiger partial charge in [0.15, 0.2) is 5.78 Å². The summed E-state index contributed by atoms with van der Waals surface area (Å²) in [6.45, 7) is 22.2. The minimum absolute atomic E-state index is 0.0591. The first-order valence-corrected chi connectivity index (χ1v) is 15.0. The molecule has 0 radical (unpaired) electrons. The lowest BCUT2D eigenvalue weighted by atomic mass is 9.47. The molecule has 0 bridgehead atoms. The number of rotatable bonds is 10. The highest BCUT2D eigenvalue weighted by atomic mass is 16.1. The number of aryl methyl sites for hydroxylation is 1. The molecule has 36 heavy (non-hydrogen) atoms. The first-order chi connectivity index (χ1) is 16.7. The fourth-order valence-electron chi connectivity index (χ4n) is 8.32. The zero-order chi connectivity index (χ0) is 27.1. The van der Waals surface area contributed by atoms with Crippen LogP contribution in [0.5, 0.6) is 0 Å². The van der Waals surface area contributed by atoms with Crippen LogP contribution in [0.1, 0.15) is 160 Å². The minimum atomic E-state index is -0.317. The first kappa shape index (κ1) is 29.1. The lowest BCUT2D eigenvalue weighted by molar-refractivity contribution is -0.146. The highest BCUT2D eigenvalue weighted by Crippen LogP contribution is 2.59. The predicted molar refractivity (Wildman–Crippen MR) is 153 cm³/mol. The van der Waals surface area contributed by atoms with Gasteiger partial charge in [-0.05, 0) is 85.0 Å². The van der Waals surface area contributed by atoms with Crippen molar-refractivity contribution < 1.29 is 9.59 Å². The van der Waals surface area contributed by atoms with Crippen molar-refractivity contribution in [3.8, 4) is 0 Å². The van der Waals surface area contributed by atoms with Crippen LogP contribution in [-0.2, 0) is 16.6 Å². The average molecular weight is 495 g/mol. The zero-order valence-electron chi connectivity index (χ0n) is 25.2. The summed E-state index contributed by atoms with van der Waals surface area (Å²) in [6, 6.07) is 4.70. The van der Waals surface area contributed by atoms with Crippen molar-refractivity contribution in [2.24, 2.45) is 22.2 Å². The average Bonchev–Trinajstić information content (AvgIpc) is 2.82. The Morgan fingerprint density at radius 3 is 2.19 bits per heavy atom. The maximum atomic E-state index is 14.1. The standard InChI is InChI=1S/C34H54O2/c1-11-17-31(6,7)30(36)34(10)20-14-19-33(9)27-22-26(29(35)32(8,13-3)18-12-2)25(23(4)5)21-24(27)15-16-28(33)34/h21-23,28H,11-20H2,1-10H3/t28?,32-,33?,34?/m1/s1. The van der Waals surface area contributed by atoms with E-state index in [1.165, 1.54) is 16.7 Å². The molecule has 3 unspecified atom stereocenters. The molecule has 0 heterocycles. The van der Waals surface area contributed by atoms with E-state index in [1.807, 2.05) is 0 Å². The summed E-state index contributed by atoms with van der Waals surface area (Å²) in [5, 5.41) is 0. The Labute approximate surface area is 222 Å². The number of ketones is 2. The molecular formula is C34H54O2. The Balaban J connectivity index is 2.16. The van der Waals surface area contributed by atoms with Crippen LogP contribution in [0, 0.1) is 22.2 Å². The van der Waals surface area contributed by atoms with Gasteiger partial charge in [-0.2, -0.15) is 0 Å². The van der Waals surface area contributed by atoms with Crippen molar-refractivity contribution in [3.05, 3.63) is 34.4 Å². The molecule has 0 spiro atoms. The van der Waals surface area contributed by atoms with E-state index in [2.05, 4.69) is 81.4 Å². The highest BCUT2D eigenvalue weighted by molar-refractivity contribution is 6.02. The number of fused-ring (bicyclic) bond motifs is 3. The molecule has 2 heteroatoms. The van der Waals surface area contributed by atoms with E-state index in [0.29, 0.717) is 23.4 Å². The van der Waals surface area contributed by atoms with Crippen LogP contribution in [0.3, 0.4) is 0 Å². The van der Waals surface area contributed by atoms with E-state index in [0.717, 1.165) is 69.8 Å². The third-order valence-electron chi connectivity index (χ3n) is 10.5. The second-order valence-electron chi connectivity index (χ2n) is 14.0. The molecule has 0 aromatic heterocycles. The van der Waals surface area contributed by atoms with E-state index in [-0.39, 0.29) is 21.7 Å². The van der Waals surface area contributed by atoms with Gasteiger partial charge in [-0.25, -0.2) is 0 Å². The van der Waals surface area contributed by atoms with Crippen LogP contribution in [0.25, 0.3) is 0 Å². The van der Waals surface area contributed by atoms with Crippen molar-refractivity contribution in [2.45, 2.75) is 145 Å². The summed E-state index contributed by atoms with van der Waals surface area (Å²) in [5.74, 6) is 1.43. The van der Waals surface area contributed by atoms with E-state index < -0.39 is 0 Å². The smallest absolute Gasteiger partial charge is 0.169 e. The van der Waals surface area contributed by atoms with Crippen LogP contribution in [-0.4, -0.2) is 11.6 Å². The van der Waals surface area contributed by atoms with Gasteiger partial charge in [-0.15, -0.1) is 0 Å². The van der Waals surface area contributed by atoms with E-state index in [4.69, 9.17) is 0 Å². The Kier molecular flexibility index (Phi) is 8.39. The summed E-state index contributed by atoms with van der Waals surface area (Å²) >= 11 is 0. The topological polar surface area (TPSA) is 34.1 Å². The number of hydrogen-bond acceptors (Lipinski definition) is 2. The fourth-order valence-corrected chi connectivity index (χ4v) is 8.32. The second kappa shape index (κ2) is 10.4. The summed E-state index contributed by atoms with van der Waals surface area (Å²) in [5.41, 5.74) is 4.00. The molecule has 2 aliphatic carbocycles. The summed E-state index contributed by atoms with van der Waals surface area (Å²) in [6.07, 6.45) is 10.1. The molecule has 3 rings (SSSR count). The quantitative estimate of drug-likeness (QED) is 0.303. The molecule has 0 amide bonds. The Morgan fingerprint density at radius 1 is 1.00 bits per heavy atom. The molecule has 2 nitrogen and oxygen atoms in total. The van der Waals surface area contributed by atoms with E-state index in [1.54, 1.807) is 0 Å². The molecule has 0 saturated heterocycles. The number of hydrogen-bond donors (Lipinski definition) is 0. The number of Topliss-reactive ketones (excluding diaryl/α,β-unsaturated/α-hetero) is 2. The summed E-state index contributed by atoms with van der Waals surface area (Å²) < 4.78 is 0. The van der Waals surface area contributed by atoms with Gasteiger partial charge >= 0.3 is 0 Å². The molecule has 2 aliphatic rings. The third-order valence-corrected chi connectivity index (χ3v) is 10.5. The lowest BCUT2D eigenvalue weighted by Gasteiger charge is -2.56. The van der Waals surface area contributed by atoms with E-state index in [9.17, 15) is 9.59 Å². The SMILES string of the molecule is CCCC(C)(C)C(=O)C1(C)CCCC2(C)c3cc(C(=O)[C@](C)(CC)CCC)c(C(C)C)cc3CCC12. The molecule has 0 N–H and O–H groups in total. The normalized spacial score (nSPS) is 27.8. The molecule has 1 aromatic rings. The van der Waals surface area contributed by atoms with Crippen LogP contribution in [0.4, 0.5) is 0 Å². The second-order valence-corrected chi connectivity index (χ2v) is 14.0. The summed E-state index contributed by atoms with van der Waals surface area (Å²) in [7, 11) is 0. The van der Waals surface area contributed by atoms with Crippen LogP contribution in [0.15, 0.2) is 12.1 Å². The van der Waals surface area contributed by atoms with Crippen molar-refractivity contribution in [1.82, 2.24) is 0 Å². The van der Waals surface area contributed by atoms with Gasteiger partial charge < -0.3 is 0 Å². The van der Waals surface area contributed by atoms with Gasteiger partial charge in [0.1, 0.15) is 5.78 Å². The molecule has 202 valence electrons. The Hall–Kier alpha value is -1.44. The Morgan fingerprint density at radius 2 is 1.64 bits per heavy atom. The van der Waals surface area contributed by atoms with Crippen LogP contribution in [0.2, 0.25) is 0 Å². The van der Waals surface area contributed by atoms with Crippen molar-refractivity contribution >= 4 is 11.6 Å². The fraction of sp³-hybridized carbons (Fsp3) is 0.765. The first-order valence-electron chi connectivity index (χ1n) is 15.0.